The Balaban J connectivity index is 1.56. The first-order valence-electron chi connectivity index (χ1n) is 7.98. The van der Waals surface area contributed by atoms with Gasteiger partial charge in [0.05, 0.1) is 5.02 Å². The summed E-state index contributed by atoms with van der Waals surface area (Å²) in [6, 6.07) is 9.95. The van der Waals surface area contributed by atoms with Crippen LogP contribution < -0.4 is 14.8 Å². The van der Waals surface area contributed by atoms with Crippen molar-refractivity contribution in [2.45, 2.75) is 13.1 Å². The molecule has 0 unspecified atom stereocenters. The molecule has 0 bridgehead atoms. The van der Waals surface area contributed by atoms with E-state index < -0.39 is 23.8 Å². The SMILES string of the molecule is O=C(Nc1ccc(OC(F)(F)F)cc1)c1ccn(COc2ccc(F)c(Cl)c2)n1. The number of anilines is 1. The highest BCUT2D eigenvalue weighted by atomic mass is 35.5. The molecule has 1 amide bonds. The standard InChI is InChI=1S/C18H12ClF4N3O3/c19-14-9-13(5-6-15(14)20)28-10-26-8-7-16(25-26)17(27)24-11-1-3-12(4-2-11)29-18(21,22)23/h1-9H,10H2,(H,24,27). The van der Waals surface area contributed by atoms with Crippen molar-refractivity contribution in [3.8, 4) is 11.5 Å². The predicted octanol–water partition coefficient (Wildman–Crippen LogP) is 4.86. The van der Waals surface area contributed by atoms with Crippen molar-refractivity contribution in [3.63, 3.8) is 0 Å². The summed E-state index contributed by atoms with van der Waals surface area (Å²) in [6.45, 7) is -0.0568. The van der Waals surface area contributed by atoms with Crippen molar-refractivity contribution in [3.05, 3.63) is 71.3 Å². The number of hydrogen-bond acceptors (Lipinski definition) is 4. The van der Waals surface area contributed by atoms with Crippen molar-refractivity contribution in [1.29, 1.82) is 0 Å². The third kappa shape index (κ3) is 5.85. The highest BCUT2D eigenvalue weighted by Gasteiger charge is 2.31. The van der Waals surface area contributed by atoms with Crippen LogP contribution in [-0.4, -0.2) is 22.1 Å². The van der Waals surface area contributed by atoms with Gasteiger partial charge in [0.25, 0.3) is 5.91 Å². The fourth-order valence-electron chi connectivity index (χ4n) is 2.20. The van der Waals surface area contributed by atoms with E-state index in [0.29, 0.717) is 5.75 Å². The molecule has 3 aromatic rings. The lowest BCUT2D eigenvalue weighted by molar-refractivity contribution is -0.274. The quantitative estimate of drug-likeness (QED) is 0.568. The normalized spacial score (nSPS) is 11.2. The molecule has 0 aliphatic heterocycles. The maximum atomic E-state index is 13.1. The van der Waals surface area contributed by atoms with Crippen LogP contribution in [0.2, 0.25) is 5.02 Å². The Morgan fingerprint density at radius 2 is 1.79 bits per heavy atom. The number of ether oxygens (including phenoxy) is 2. The third-order valence-electron chi connectivity index (χ3n) is 3.47. The second-order valence-corrected chi connectivity index (χ2v) is 6.02. The Hall–Kier alpha value is -3.27. The summed E-state index contributed by atoms with van der Waals surface area (Å²) in [6.07, 6.45) is -3.31. The third-order valence-corrected chi connectivity index (χ3v) is 3.76. The predicted molar refractivity (Wildman–Crippen MR) is 95.3 cm³/mol. The minimum absolute atomic E-state index is 0.0568. The van der Waals surface area contributed by atoms with Gasteiger partial charge in [-0.2, -0.15) is 5.10 Å². The van der Waals surface area contributed by atoms with Gasteiger partial charge in [0.2, 0.25) is 0 Å². The zero-order valence-electron chi connectivity index (χ0n) is 14.4. The van der Waals surface area contributed by atoms with E-state index in [9.17, 15) is 22.4 Å². The van der Waals surface area contributed by atoms with Gasteiger partial charge in [-0.15, -0.1) is 13.2 Å². The molecule has 152 valence electrons. The zero-order valence-corrected chi connectivity index (χ0v) is 15.2. The van der Waals surface area contributed by atoms with Crippen molar-refractivity contribution < 1.29 is 31.8 Å². The van der Waals surface area contributed by atoms with Gasteiger partial charge in [0, 0.05) is 18.0 Å². The molecule has 0 aliphatic carbocycles. The van der Waals surface area contributed by atoms with Gasteiger partial charge in [0.1, 0.15) is 17.3 Å². The van der Waals surface area contributed by atoms with E-state index in [4.69, 9.17) is 16.3 Å². The first-order valence-corrected chi connectivity index (χ1v) is 8.36. The molecule has 0 atom stereocenters. The highest BCUT2D eigenvalue weighted by molar-refractivity contribution is 6.30. The Morgan fingerprint density at radius 1 is 1.10 bits per heavy atom. The molecular weight excluding hydrogens is 418 g/mol. The molecule has 0 saturated carbocycles. The van der Waals surface area contributed by atoms with Crippen LogP contribution in [0.25, 0.3) is 0 Å². The number of alkyl halides is 3. The highest BCUT2D eigenvalue weighted by Crippen LogP contribution is 2.24. The lowest BCUT2D eigenvalue weighted by Gasteiger charge is -2.09. The van der Waals surface area contributed by atoms with E-state index in [2.05, 4.69) is 15.2 Å². The summed E-state index contributed by atoms with van der Waals surface area (Å²) in [5, 5.41) is 6.44. The molecule has 1 N–H and O–H groups in total. The van der Waals surface area contributed by atoms with Crippen molar-refractivity contribution in [2.24, 2.45) is 0 Å². The Kier molecular flexibility index (Phi) is 5.92. The number of nitrogens with zero attached hydrogens (tertiary/aromatic N) is 2. The monoisotopic (exact) mass is 429 g/mol. The number of aromatic nitrogens is 2. The van der Waals surface area contributed by atoms with E-state index in [1.165, 1.54) is 41.2 Å². The van der Waals surface area contributed by atoms with E-state index in [1.54, 1.807) is 0 Å². The molecular formula is C18H12ClF4N3O3. The van der Waals surface area contributed by atoms with Crippen molar-refractivity contribution >= 4 is 23.2 Å². The van der Waals surface area contributed by atoms with E-state index in [1.807, 2.05) is 0 Å². The van der Waals surface area contributed by atoms with Crippen LogP contribution in [0.1, 0.15) is 10.5 Å². The minimum Gasteiger partial charge on any atom is -0.471 e. The zero-order chi connectivity index (χ0) is 21.0. The Bertz CT molecular complexity index is 1010. The summed E-state index contributed by atoms with van der Waals surface area (Å²) in [5.74, 6) is -1.23. The van der Waals surface area contributed by atoms with Gasteiger partial charge in [-0.1, -0.05) is 11.6 Å². The lowest BCUT2D eigenvalue weighted by atomic mass is 10.3. The topological polar surface area (TPSA) is 65.4 Å². The minimum atomic E-state index is -4.79. The van der Waals surface area contributed by atoms with Crippen molar-refractivity contribution in [2.75, 3.05) is 5.32 Å². The average molecular weight is 430 g/mol. The van der Waals surface area contributed by atoms with Crippen LogP contribution in [0.4, 0.5) is 23.2 Å². The summed E-state index contributed by atoms with van der Waals surface area (Å²) in [5.41, 5.74) is 0.317. The summed E-state index contributed by atoms with van der Waals surface area (Å²) in [7, 11) is 0. The molecule has 11 heteroatoms. The fraction of sp³-hybridized carbons (Fsp3) is 0.111. The number of carbonyl (C=O) groups is 1. The molecule has 29 heavy (non-hydrogen) atoms. The second kappa shape index (κ2) is 8.39. The maximum Gasteiger partial charge on any atom is 0.573 e. The molecule has 0 saturated heterocycles. The second-order valence-electron chi connectivity index (χ2n) is 5.62. The number of halogens is 5. The summed E-state index contributed by atoms with van der Waals surface area (Å²) in [4.78, 5) is 12.2. The molecule has 0 radical (unpaired) electrons. The summed E-state index contributed by atoms with van der Waals surface area (Å²) >= 11 is 5.67. The maximum absolute atomic E-state index is 13.1. The largest absolute Gasteiger partial charge is 0.573 e. The Morgan fingerprint density at radius 3 is 2.45 bits per heavy atom. The molecule has 0 spiro atoms. The smallest absolute Gasteiger partial charge is 0.471 e. The number of carbonyl (C=O) groups excluding carboxylic acids is 1. The number of amides is 1. The lowest BCUT2D eigenvalue weighted by Crippen LogP contribution is -2.17. The molecule has 0 aliphatic rings. The number of benzene rings is 2. The van der Waals surface area contributed by atoms with E-state index in [-0.39, 0.29) is 23.1 Å². The van der Waals surface area contributed by atoms with Gasteiger partial charge in [-0.3, -0.25) is 4.79 Å². The average Bonchev–Trinajstić information content (AvgIpc) is 3.12. The number of rotatable bonds is 6. The number of hydrogen-bond donors (Lipinski definition) is 1. The van der Waals surface area contributed by atoms with Crippen LogP contribution in [0.15, 0.2) is 54.7 Å². The Labute approximate surface area is 166 Å². The fourth-order valence-corrected chi connectivity index (χ4v) is 2.37. The van der Waals surface area contributed by atoms with Crippen LogP contribution >= 0.6 is 11.6 Å². The van der Waals surface area contributed by atoms with E-state index >= 15 is 0 Å². The molecule has 6 nitrogen and oxygen atoms in total. The molecule has 1 aromatic heterocycles. The van der Waals surface area contributed by atoms with Gasteiger partial charge >= 0.3 is 6.36 Å². The van der Waals surface area contributed by atoms with Gasteiger partial charge < -0.3 is 14.8 Å². The molecule has 2 aromatic carbocycles. The molecule has 0 fully saturated rings. The van der Waals surface area contributed by atoms with E-state index in [0.717, 1.165) is 18.2 Å². The van der Waals surface area contributed by atoms with Crippen LogP contribution in [0, 0.1) is 5.82 Å². The molecule has 1 heterocycles. The first kappa shape index (κ1) is 20.5. The van der Waals surface area contributed by atoms with Crippen LogP contribution in [0.3, 0.4) is 0 Å². The first-order chi connectivity index (χ1) is 13.7. The van der Waals surface area contributed by atoms with Crippen LogP contribution in [-0.2, 0) is 6.73 Å². The molecule has 3 rings (SSSR count). The van der Waals surface area contributed by atoms with Crippen LogP contribution in [0.5, 0.6) is 11.5 Å². The van der Waals surface area contributed by atoms with Crippen molar-refractivity contribution in [1.82, 2.24) is 9.78 Å². The summed E-state index contributed by atoms with van der Waals surface area (Å²) < 4.78 is 60.1. The van der Waals surface area contributed by atoms with Gasteiger partial charge in [-0.25, -0.2) is 9.07 Å². The number of nitrogens with one attached hydrogen (secondary N) is 1. The van der Waals surface area contributed by atoms with Gasteiger partial charge in [-0.05, 0) is 42.5 Å². The van der Waals surface area contributed by atoms with Gasteiger partial charge in [0.15, 0.2) is 12.4 Å².